The van der Waals surface area contributed by atoms with Crippen LogP contribution < -0.4 is 4.74 Å². The van der Waals surface area contributed by atoms with Crippen LogP contribution in [-0.2, 0) is 0 Å². The number of hydrogen-bond acceptors (Lipinski definition) is 4. The lowest BCUT2D eigenvalue weighted by Gasteiger charge is -2.14. The van der Waals surface area contributed by atoms with Gasteiger partial charge in [-0.2, -0.15) is 0 Å². The number of rotatable bonds is 6. The molecule has 23 heavy (non-hydrogen) atoms. The fourth-order valence-electron chi connectivity index (χ4n) is 2.43. The zero-order valence-corrected chi connectivity index (χ0v) is 13.1. The van der Waals surface area contributed by atoms with Crippen molar-refractivity contribution >= 4 is 17.1 Å². The molecule has 0 spiro atoms. The zero-order valence-electron chi connectivity index (χ0n) is 12.3. The van der Waals surface area contributed by atoms with Crippen molar-refractivity contribution in [1.29, 1.82) is 0 Å². The van der Waals surface area contributed by atoms with Crippen LogP contribution in [0.3, 0.4) is 0 Å². The SMILES string of the molecule is Cc1c(C(=S)c2cnoc2C2CC2)ccc(F)c1OCC(F)F. The third-order valence-electron chi connectivity index (χ3n) is 3.75. The van der Waals surface area contributed by atoms with Crippen LogP contribution in [0.2, 0.25) is 0 Å². The van der Waals surface area contributed by atoms with E-state index in [9.17, 15) is 13.2 Å². The third kappa shape index (κ3) is 3.24. The highest BCUT2D eigenvalue weighted by atomic mass is 32.1. The van der Waals surface area contributed by atoms with Crippen molar-refractivity contribution < 1.29 is 22.4 Å². The second-order valence-electron chi connectivity index (χ2n) is 5.46. The number of nitrogens with zero attached hydrogens (tertiary/aromatic N) is 1. The summed E-state index contributed by atoms with van der Waals surface area (Å²) in [6, 6.07) is 2.69. The van der Waals surface area contributed by atoms with E-state index in [4.69, 9.17) is 21.5 Å². The Balaban J connectivity index is 1.94. The summed E-state index contributed by atoms with van der Waals surface area (Å²) in [6.45, 7) is 0.727. The number of ether oxygens (including phenoxy) is 1. The predicted octanol–water partition coefficient (Wildman–Crippen LogP) is 4.41. The second-order valence-corrected chi connectivity index (χ2v) is 5.87. The number of alkyl halides is 2. The highest BCUT2D eigenvalue weighted by molar-refractivity contribution is 7.81. The molecule has 3 rings (SSSR count). The van der Waals surface area contributed by atoms with E-state index in [1.807, 2.05) is 0 Å². The standard InChI is InChI=1S/C16H14F3NO2S/c1-8-10(4-5-12(17)14(8)21-7-13(18)19)16(23)11-6-20-22-15(11)9-2-3-9/h4-6,9,13H,2-3,7H2,1H3. The first kappa shape index (κ1) is 16.0. The normalized spacial score (nSPS) is 14.3. The van der Waals surface area contributed by atoms with Crippen molar-refractivity contribution in [3.63, 3.8) is 0 Å². The van der Waals surface area contributed by atoms with Crippen molar-refractivity contribution in [2.45, 2.75) is 32.1 Å². The molecule has 1 aromatic heterocycles. The van der Waals surface area contributed by atoms with Gasteiger partial charge in [0, 0.05) is 17.0 Å². The first-order chi connectivity index (χ1) is 11.0. The van der Waals surface area contributed by atoms with E-state index in [-0.39, 0.29) is 5.75 Å². The number of hydrogen-bond donors (Lipinski definition) is 0. The smallest absolute Gasteiger partial charge is 0.272 e. The van der Waals surface area contributed by atoms with Gasteiger partial charge in [0.05, 0.1) is 16.6 Å². The molecular formula is C16H14F3NO2S. The Bertz CT molecular complexity index is 741. The number of halogens is 3. The Morgan fingerprint density at radius 3 is 2.78 bits per heavy atom. The summed E-state index contributed by atoms with van der Waals surface area (Å²) in [5.41, 5.74) is 1.63. The van der Waals surface area contributed by atoms with Crippen molar-refractivity contribution in [3.8, 4) is 5.75 Å². The molecule has 0 saturated heterocycles. The van der Waals surface area contributed by atoms with Gasteiger partial charge < -0.3 is 9.26 Å². The van der Waals surface area contributed by atoms with Gasteiger partial charge in [-0.05, 0) is 25.8 Å². The quantitative estimate of drug-likeness (QED) is 0.576. The Kier molecular flexibility index (Phi) is 4.39. The van der Waals surface area contributed by atoms with Crippen molar-refractivity contribution in [3.05, 3.63) is 46.6 Å². The molecule has 1 aliphatic rings. The summed E-state index contributed by atoms with van der Waals surface area (Å²) in [4.78, 5) is 0.451. The van der Waals surface area contributed by atoms with Crippen LogP contribution in [0, 0.1) is 12.7 Å². The van der Waals surface area contributed by atoms with Crippen LogP contribution >= 0.6 is 12.2 Å². The van der Waals surface area contributed by atoms with Crippen LogP contribution in [0.1, 0.15) is 41.2 Å². The van der Waals surface area contributed by atoms with Gasteiger partial charge in [-0.3, -0.25) is 0 Å². The molecule has 1 fully saturated rings. The molecule has 1 saturated carbocycles. The summed E-state index contributed by atoms with van der Waals surface area (Å²) in [5.74, 6) is 0.159. The molecule has 0 bridgehead atoms. The zero-order chi connectivity index (χ0) is 16.6. The average Bonchev–Trinajstić information content (AvgIpc) is 3.23. The molecule has 0 amide bonds. The molecule has 0 radical (unpaired) electrons. The summed E-state index contributed by atoms with van der Waals surface area (Å²) in [6.07, 6.45) is 0.911. The molecule has 122 valence electrons. The Labute approximate surface area is 136 Å². The Morgan fingerprint density at radius 2 is 2.13 bits per heavy atom. The lowest BCUT2D eigenvalue weighted by molar-refractivity contribution is 0.0795. The maximum atomic E-state index is 13.9. The monoisotopic (exact) mass is 341 g/mol. The molecular weight excluding hydrogens is 327 g/mol. The Morgan fingerprint density at radius 1 is 1.39 bits per heavy atom. The van der Waals surface area contributed by atoms with Crippen LogP contribution in [0.5, 0.6) is 5.75 Å². The molecule has 1 heterocycles. The molecule has 2 aromatic rings. The molecule has 7 heteroatoms. The van der Waals surface area contributed by atoms with E-state index in [2.05, 4.69) is 5.16 Å². The number of thiocarbonyl (C=S) groups is 1. The molecule has 0 N–H and O–H groups in total. The van der Waals surface area contributed by atoms with E-state index in [0.29, 0.717) is 27.5 Å². The molecule has 1 aliphatic carbocycles. The molecule has 3 nitrogen and oxygen atoms in total. The fourth-order valence-corrected chi connectivity index (χ4v) is 2.81. The van der Waals surface area contributed by atoms with E-state index in [1.165, 1.54) is 12.1 Å². The first-order valence-electron chi connectivity index (χ1n) is 7.18. The van der Waals surface area contributed by atoms with Crippen LogP contribution in [0.4, 0.5) is 13.2 Å². The number of benzene rings is 1. The molecule has 0 unspecified atom stereocenters. The summed E-state index contributed by atoms with van der Waals surface area (Å²) in [7, 11) is 0. The highest BCUT2D eigenvalue weighted by Gasteiger charge is 2.32. The summed E-state index contributed by atoms with van der Waals surface area (Å²) in [5, 5.41) is 3.79. The van der Waals surface area contributed by atoms with Crippen LogP contribution in [0.15, 0.2) is 22.9 Å². The van der Waals surface area contributed by atoms with E-state index in [1.54, 1.807) is 13.1 Å². The van der Waals surface area contributed by atoms with E-state index >= 15 is 0 Å². The van der Waals surface area contributed by atoms with Crippen molar-refractivity contribution in [2.24, 2.45) is 0 Å². The number of aromatic nitrogens is 1. The maximum absolute atomic E-state index is 13.9. The molecule has 1 aromatic carbocycles. The summed E-state index contributed by atoms with van der Waals surface area (Å²) < 4.78 is 48.7. The molecule has 0 atom stereocenters. The average molecular weight is 341 g/mol. The van der Waals surface area contributed by atoms with E-state index in [0.717, 1.165) is 18.6 Å². The first-order valence-corrected chi connectivity index (χ1v) is 7.59. The lowest BCUT2D eigenvalue weighted by atomic mass is 9.99. The minimum Gasteiger partial charge on any atom is -0.484 e. The minimum atomic E-state index is -2.68. The van der Waals surface area contributed by atoms with Crippen molar-refractivity contribution in [1.82, 2.24) is 5.16 Å². The fraction of sp³-hybridized carbons (Fsp3) is 0.375. The minimum absolute atomic E-state index is 0.199. The highest BCUT2D eigenvalue weighted by Crippen LogP contribution is 2.42. The third-order valence-corrected chi connectivity index (χ3v) is 4.19. The maximum Gasteiger partial charge on any atom is 0.272 e. The van der Waals surface area contributed by atoms with Gasteiger partial charge in [0.15, 0.2) is 11.6 Å². The Hall–Kier alpha value is -1.89. The second kappa shape index (κ2) is 6.31. The van der Waals surface area contributed by atoms with Crippen LogP contribution in [-0.4, -0.2) is 23.1 Å². The van der Waals surface area contributed by atoms with Gasteiger partial charge in [0.2, 0.25) is 0 Å². The topological polar surface area (TPSA) is 35.3 Å². The van der Waals surface area contributed by atoms with Gasteiger partial charge in [-0.25, -0.2) is 13.2 Å². The van der Waals surface area contributed by atoms with Crippen LogP contribution in [0.25, 0.3) is 0 Å². The van der Waals surface area contributed by atoms with Gasteiger partial charge in [-0.15, -0.1) is 0 Å². The lowest BCUT2D eigenvalue weighted by Crippen LogP contribution is -2.11. The van der Waals surface area contributed by atoms with E-state index < -0.39 is 18.8 Å². The molecule has 0 aliphatic heterocycles. The van der Waals surface area contributed by atoms with Gasteiger partial charge in [0.1, 0.15) is 12.4 Å². The summed E-state index contributed by atoms with van der Waals surface area (Å²) >= 11 is 5.48. The van der Waals surface area contributed by atoms with Crippen molar-refractivity contribution in [2.75, 3.05) is 6.61 Å². The predicted molar refractivity (Wildman–Crippen MR) is 81.9 cm³/mol. The van der Waals surface area contributed by atoms with Gasteiger partial charge in [0.25, 0.3) is 6.43 Å². The van der Waals surface area contributed by atoms with Gasteiger partial charge >= 0.3 is 0 Å². The largest absolute Gasteiger partial charge is 0.484 e. The van der Waals surface area contributed by atoms with Gasteiger partial charge in [-0.1, -0.05) is 23.4 Å².